The van der Waals surface area contributed by atoms with Gasteiger partial charge in [-0.25, -0.2) is 4.98 Å². The number of hydrogen-bond donors (Lipinski definition) is 1. The lowest BCUT2D eigenvalue weighted by atomic mass is 9.80. The van der Waals surface area contributed by atoms with Gasteiger partial charge in [0.1, 0.15) is 5.65 Å². The van der Waals surface area contributed by atoms with Crippen LogP contribution in [0, 0.1) is 0 Å². The Labute approximate surface area is 148 Å². The van der Waals surface area contributed by atoms with Crippen LogP contribution in [0.5, 0.6) is 0 Å². The zero-order valence-corrected chi connectivity index (χ0v) is 17.2. The first-order chi connectivity index (χ1) is 11.4. The van der Waals surface area contributed by atoms with Crippen molar-refractivity contribution < 1.29 is 9.31 Å². The van der Waals surface area contributed by atoms with Gasteiger partial charge in [0.25, 0.3) is 0 Å². The lowest BCUT2D eigenvalue weighted by Crippen LogP contribution is -2.41. The van der Waals surface area contributed by atoms with Gasteiger partial charge in [0.2, 0.25) is 0 Å². The van der Waals surface area contributed by atoms with E-state index in [9.17, 15) is 0 Å². The molecule has 0 bridgehead atoms. The second-order valence-corrected chi connectivity index (χ2v) is 5.77. The molecule has 1 aliphatic rings. The Balaban J connectivity index is 0.000000798. The third kappa shape index (κ3) is 4.84. The van der Waals surface area contributed by atoms with Crippen molar-refractivity contribution in [1.82, 2.24) is 9.97 Å². The van der Waals surface area contributed by atoms with Crippen LogP contribution < -0.4 is 5.46 Å². The second kappa shape index (κ2) is 9.85. The number of rotatable bonds is 1. The summed E-state index contributed by atoms with van der Waals surface area (Å²) in [6.45, 7) is 20.2. The van der Waals surface area contributed by atoms with Crippen LogP contribution in [0.15, 0.2) is 24.5 Å². The van der Waals surface area contributed by atoms with Crippen molar-refractivity contribution in [1.29, 1.82) is 0 Å². The summed E-state index contributed by atoms with van der Waals surface area (Å²) in [6, 6.07) is 4.05. The molecule has 2 aromatic heterocycles. The van der Waals surface area contributed by atoms with Crippen LogP contribution in [0.1, 0.15) is 69.2 Å². The van der Waals surface area contributed by atoms with Crippen LogP contribution in [-0.2, 0) is 9.31 Å². The minimum atomic E-state index is -0.346. The Kier molecular flexibility index (Phi) is 9.30. The van der Waals surface area contributed by atoms with E-state index in [1.54, 1.807) is 6.20 Å². The van der Waals surface area contributed by atoms with Gasteiger partial charge < -0.3 is 14.3 Å². The summed E-state index contributed by atoms with van der Waals surface area (Å²) in [4.78, 5) is 7.44. The number of hydrogen-bond acceptors (Lipinski definition) is 3. The van der Waals surface area contributed by atoms with Crippen molar-refractivity contribution in [2.45, 2.75) is 80.4 Å². The average molecular weight is 334 g/mol. The molecule has 2 aromatic rings. The van der Waals surface area contributed by atoms with E-state index >= 15 is 0 Å². The predicted molar refractivity (Wildman–Crippen MR) is 106 cm³/mol. The maximum atomic E-state index is 6.00. The van der Waals surface area contributed by atoms with E-state index in [2.05, 4.69) is 43.7 Å². The van der Waals surface area contributed by atoms with E-state index in [4.69, 9.17) is 9.31 Å². The lowest BCUT2D eigenvalue weighted by Gasteiger charge is -2.32. The number of pyridine rings is 1. The number of H-pyrrole nitrogens is 1. The Morgan fingerprint density at radius 3 is 1.92 bits per heavy atom. The minimum Gasteiger partial charge on any atom is -0.399 e. The number of nitrogens with zero attached hydrogens (tertiary/aromatic N) is 1. The molecule has 3 heterocycles. The highest BCUT2D eigenvalue weighted by Crippen LogP contribution is 2.36. The van der Waals surface area contributed by atoms with Crippen molar-refractivity contribution in [2.75, 3.05) is 0 Å². The Morgan fingerprint density at radius 1 is 0.917 bits per heavy atom. The first kappa shape index (κ1) is 22.7. The van der Waals surface area contributed by atoms with Gasteiger partial charge in [-0.2, -0.15) is 0 Å². The molecular formula is C19H35BN2O2. The summed E-state index contributed by atoms with van der Waals surface area (Å²) in [7, 11) is -0.346. The number of nitrogens with one attached hydrogen (secondary N) is 1. The summed E-state index contributed by atoms with van der Waals surface area (Å²) in [5.41, 5.74) is 1.21. The third-order valence-corrected chi connectivity index (χ3v) is 3.95. The standard InChI is InChI=1S/C13H17BN2O2.3C2H6/c1-12(2)13(3,4)18-14(17-12)10-7-9-5-6-15-11(9)16-8-10;3*1-2/h5-8H,1-4H3,(H,15,16);3*1-2H3. The van der Waals surface area contributed by atoms with Gasteiger partial charge in [-0.3, -0.25) is 0 Å². The van der Waals surface area contributed by atoms with E-state index < -0.39 is 0 Å². The van der Waals surface area contributed by atoms with E-state index in [0.717, 1.165) is 16.5 Å². The molecule has 0 atom stereocenters. The van der Waals surface area contributed by atoms with Gasteiger partial charge in [0.05, 0.1) is 11.2 Å². The number of aromatic nitrogens is 2. The molecular weight excluding hydrogens is 299 g/mol. The molecule has 1 fully saturated rings. The normalized spacial score (nSPS) is 17.0. The second-order valence-electron chi connectivity index (χ2n) is 5.77. The van der Waals surface area contributed by atoms with E-state index in [0.29, 0.717) is 0 Å². The molecule has 0 aromatic carbocycles. The largest absolute Gasteiger partial charge is 0.496 e. The smallest absolute Gasteiger partial charge is 0.399 e. The lowest BCUT2D eigenvalue weighted by molar-refractivity contribution is 0.00578. The first-order valence-electron chi connectivity index (χ1n) is 9.18. The molecule has 0 saturated carbocycles. The molecule has 24 heavy (non-hydrogen) atoms. The summed E-state index contributed by atoms with van der Waals surface area (Å²) in [5.74, 6) is 0. The molecule has 3 rings (SSSR count). The highest BCUT2D eigenvalue weighted by atomic mass is 16.7. The van der Waals surface area contributed by atoms with Gasteiger partial charge in [0.15, 0.2) is 0 Å². The molecule has 5 heteroatoms. The zero-order chi connectivity index (χ0) is 19.0. The highest BCUT2D eigenvalue weighted by Gasteiger charge is 2.51. The van der Waals surface area contributed by atoms with Crippen molar-refractivity contribution in [3.05, 3.63) is 24.5 Å². The Morgan fingerprint density at radius 2 is 1.42 bits per heavy atom. The molecule has 4 nitrogen and oxygen atoms in total. The van der Waals surface area contributed by atoms with Crippen LogP contribution >= 0.6 is 0 Å². The molecule has 1 aliphatic heterocycles. The number of fused-ring (bicyclic) bond motifs is 1. The fourth-order valence-electron chi connectivity index (χ4n) is 2.06. The molecule has 0 aliphatic carbocycles. The van der Waals surface area contributed by atoms with Crippen molar-refractivity contribution in [3.63, 3.8) is 0 Å². The Hall–Kier alpha value is -1.33. The van der Waals surface area contributed by atoms with Crippen LogP contribution in [0.25, 0.3) is 11.0 Å². The summed E-state index contributed by atoms with van der Waals surface area (Å²) < 4.78 is 12.0. The molecule has 0 amide bonds. The first-order valence-corrected chi connectivity index (χ1v) is 9.18. The summed E-state index contributed by atoms with van der Waals surface area (Å²) >= 11 is 0. The highest BCUT2D eigenvalue weighted by molar-refractivity contribution is 6.62. The Bertz CT molecular complexity index is 578. The summed E-state index contributed by atoms with van der Waals surface area (Å²) in [5, 5.41) is 1.07. The minimum absolute atomic E-state index is 0.315. The van der Waals surface area contributed by atoms with Gasteiger partial charge >= 0.3 is 7.12 Å². The fourth-order valence-corrected chi connectivity index (χ4v) is 2.06. The predicted octanol–water partition coefficient (Wildman–Crippen LogP) is 4.94. The van der Waals surface area contributed by atoms with Crippen LogP contribution in [-0.4, -0.2) is 28.3 Å². The van der Waals surface area contributed by atoms with E-state index in [1.807, 2.05) is 53.8 Å². The number of aromatic amines is 1. The van der Waals surface area contributed by atoms with Gasteiger partial charge in [-0.05, 0) is 39.8 Å². The van der Waals surface area contributed by atoms with Gasteiger partial charge in [-0.1, -0.05) is 41.5 Å². The maximum absolute atomic E-state index is 6.00. The third-order valence-electron chi connectivity index (χ3n) is 3.95. The molecule has 0 unspecified atom stereocenters. The molecule has 1 saturated heterocycles. The quantitative estimate of drug-likeness (QED) is 0.751. The SMILES string of the molecule is CC.CC.CC.CC1(C)OB(c2cnc3[nH]ccc3c2)OC1(C)C. The van der Waals surface area contributed by atoms with Crippen LogP contribution in [0.3, 0.4) is 0 Å². The molecule has 136 valence electrons. The average Bonchev–Trinajstić information content (AvgIpc) is 3.14. The monoisotopic (exact) mass is 334 g/mol. The zero-order valence-electron chi connectivity index (χ0n) is 17.2. The van der Waals surface area contributed by atoms with Crippen molar-refractivity contribution in [3.8, 4) is 0 Å². The van der Waals surface area contributed by atoms with Crippen molar-refractivity contribution >= 4 is 23.6 Å². The molecule has 0 spiro atoms. The topological polar surface area (TPSA) is 47.1 Å². The van der Waals surface area contributed by atoms with Gasteiger partial charge in [-0.15, -0.1) is 0 Å². The van der Waals surface area contributed by atoms with Gasteiger partial charge in [0, 0.05) is 23.2 Å². The molecule has 0 radical (unpaired) electrons. The maximum Gasteiger partial charge on any atom is 0.496 e. The summed E-state index contributed by atoms with van der Waals surface area (Å²) in [6.07, 6.45) is 3.69. The van der Waals surface area contributed by atoms with Crippen LogP contribution in [0.2, 0.25) is 0 Å². The van der Waals surface area contributed by atoms with E-state index in [1.165, 1.54) is 0 Å². The molecule has 1 N–H and O–H groups in total. The van der Waals surface area contributed by atoms with Crippen LogP contribution in [0.4, 0.5) is 0 Å². The fraction of sp³-hybridized carbons (Fsp3) is 0.632. The van der Waals surface area contributed by atoms with E-state index in [-0.39, 0.29) is 18.3 Å². The van der Waals surface area contributed by atoms with Crippen molar-refractivity contribution in [2.24, 2.45) is 0 Å².